The predicted molar refractivity (Wildman–Crippen MR) is 107 cm³/mol. The maximum absolute atomic E-state index is 7.84. The molecule has 0 saturated heterocycles. The molecule has 0 unspecified atom stereocenters. The second-order valence-electron chi connectivity index (χ2n) is 7.10. The molecule has 0 saturated carbocycles. The summed E-state index contributed by atoms with van der Waals surface area (Å²) in [6.07, 6.45) is 6.78. The quantitative estimate of drug-likeness (QED) is 0.462. The van der Waals surface area contributed by atoms with Crippen LogP contribution in [-0.2, 0) is 13.5 Å². The highest BCUT2D eigenvalue weighted by atomic mass is 15.1. The number of hydrogen-bond donors (Lipinski definition) is 0. The van der Waals surface area contributed by atoms with Gasteiger partial charge in [0.2, 0.25) is 5.69 Å². The largest absolute Gasteiger partial charge is 0.302 e. The molecule has 0 bridgehead atoms. The average Bonchev–Trinajstić information content (AvgIpc) is 3.25. The smallest absolute Gasteiger partial charge is 0.215 e. The van der Waals surface area contributed by atoms with Crippen LogP contribution >= 0.6 is 0 Å². The zero-order valence-electron chi connectivity index (χ0n) is 18.2. The number of pyridine rings is 1. The number of allylic oxidation sites excluding steroid dienone is 1. The Morgan fingerprint density at radius 1 is 1.15 bits per heavy atom. The first-order valence-corrected chi connectivity index (χ1v) is 8.87. The fourth-order valence-electron chi connectivity index (χ4n) is 4.11. The van der Waals surface area contributed by atoms with Crippen LogP contribution < -0.4 is 4.57 Å². The molecule has 3 heterocycles. The first-order chi connectivity index (χ1) is 13.8. The van der Waals surface area contributed by atoms with Gasteiger partial charge in [0.05, 0.1) is 16.6 Å². The van der Waals surface area contributed by atoms with E-state index < -0.39 is 6.85 Å². The summed E-state index contributed by atoms with van der Waals surface area (Å²) in [4.78, 5) is 4.96. The Labute approximate surface area is 157 Å². The van der Waals surface area contributed by atoms with Gasteiger partial charge in [-0.1, -0.05) is 30.3 Å². The molecular formula is C23H22N3+. The van der Waals surface area contributed by atoms with Gasteiger partial charge < -0.3 is 4.57 Å². The van der Waals surface area contributed by atoms with Crippen LogP contribution in [0.5, 0.6) is 0 Å². The van der Waals surface area contributed by atoms with Gasteiger partial charge in [-0.25, -0.2) is 9.55 Å². The van der Waals surface area contributed by atoms with Gasteiger partial charge in [-0.05, 0) is 37.2 Å². The van der Waals surface area contributed by atoms with Crippen molar-refractivity contribution in [2.75, 3.05) is 0 Å². The topological polar surface area (TPSA) is 21.7 Å². The van der Waals surface area contributed by atoms with E-state index in [0.29, 0.717) is 5.56 Å². The third-order valence-corrected chi connectivity index (χ3v) is 5.47. The van der Waals surface area contributed by atoms with Crippen molar-refractivity contribution < 1.29 is 8.68 Å². The highest BCUT2D eigenvalue weighted by Crippen LogP contribution is 2.39. The van der Waals surface area contributed by atoms with Crippen molar-refractivity contribution in [1.82, 2.24) is 9.55 Å². The number of nitrogens with zero attached hydrogens (tertiary/aromatic N) is 3. The minimum absolute atomic E-state index is 0.386. The maximum Gasteiger partial charge on any atom is 0.215 e. The summed E-state index contributed by atoms with van der Waals surface area (Å²) in [5.41, 5.74) is 6.51. The highest BCUT2D eigenvalue weighted by Gasteiger charge is 2.25. The molecule has 3 heteroatoms. The van der Waals surface area contributed by atoms with E-state index in [1.54, 1.807) is 6.20 Å². The number of rotatable bonds is 1. The van der Waals surface area contributed by atoms with E-state index >= 15 is 0 Å². The van der Waals surface area contributed by atoms with Crippen molar-refractivity contribution in [2.45, 2.75) is 27.1 Å². The van der Waals surface area contributed by atoms with Crippen molar-refractivity contribution in [3.63, 3.8) is 0 Å². The Morgan fingerprint density at radius 2 is 1.96 bits per heavy atom. The summed E-state index contributed by atoms with van der Waals surface area (Å²) in [6.45, 7) is 1.89. The molecule has 3 nitrogen and oxygen atoms in total. The summed E-state index contributed by atoms with van der Waals surface area (Å²) >= 11 is 0. The lowest BCUT2D eigenvalue weighted by Crippen LogP contribution is -2.31. The van der Waals surface area contributed by atoms with Crippen molar-refractivity contribution in [3.05, 3.63) is 65.1 Å². The van der Waals surface area contributed by atoms with Gasteiger partial charge in [-0.15, -0.1) is 0 Å². The molecule has 2 aromatic heterocycles. The molecule has 128 valence electrons. The predicted octanol–water partition coefficient (Wildman–Crippen LogP) is 4.63. The third kappa shape index (κ3) is 1.94. The van der Waals surface area contributed by atoms with Gasteiger partial charge in [0.25, 0.3) is 0 Å². The molecule has 0 spiro atoms. The van der Waals surface area contributed by atoms with E-state index in [1.807, 2.05) is 24.6 Å². The molecule has 0 amide bonds. The molecule has 0 radical (unpaired) electrons. The van der Waals surface area contributed by atoms with Crippen molar-refractivity contribution >= 4 is 28.0 Å². The Morgan fingerprint density at radius 3 is 2.77 bits per heavy atom. The number of fused-ring (bicyclic) bond motifs is 5. The maximum atomic E-state index is 7.84. The molecule has 0 fully saturated rings. The van der Waals surface area contributed by atoms with Gasteiger partial charge in [-0.3, -0.25) is 0 Å². The summed E-state index contributed by atoms with van der Waals surface area (Å²) in [5.74, 6) is 1.04. The lowest BCUT2D eigenvalue weighted by molar-refractivity contribution is -0.660. The van der Waals surface area contributed by atoms with Crippen LogP contribution in [0.15, 0.2) is 42.6 Å². The van der Waals surface area contributed by atoms with Crippen molar-refractivity contribution in [3.8, 4) is 11.3 Å². The molecule has 2 aromatic carbocycles. The van der Waals surface area contributed by atoms with Crippen LogP contribution in [0, 0.1) is 20.7 Å². The fraction of sp³-hybridized carbons (Fsp3) is 0.217. The van der Waals surface area contributed by atoms with Crippen molar-refractivity contribution in [1.29, 1.82) is 0 Å². The molecular weight excluding hydrogens is 318 g/mol. The monoisotopic (exact) mass is 343 g/mol. The van der Waals surface area contributed by atoms with E-state index in [1.165, 1.54) is 10.9 Å². The van der Waals surface area contributed by atoms with Crippen LogP contribution in [0.25, 0.3) is 39.3 Å². The Balaban J connectivity index is 1.94. The van der Waals surface area contributed by atoms with E-state index in [-0.39, 0.29) is 0 Å². The molecule has 4 aromatic rings. The number of benzene rings is 2. The summed E-state index contributed by atoms with van der Waals surface area (Å²) in [5, 5.41) is 2.32. The standard InChI is InChI=1S/C23H22N3/c1-14-12-19(25(4)13-15(14)2)21-16(3)17-8-5-6-9-18(17)22-23(21)26-11-7-10-20(26)24-22/h5-9,11-13H,10H2,1-4H3/q+1/i2D3. The number of aromatic nitrogens is 3. The second kappa shape index (κ2) is 5.28. The summed E-state index contributed by atoms with van der Waals surface area (Å²) in [6, 6.07) is 10.4. The number of hydrogen-bond acceptors (Lipinski definition) is 1. The minimum Gasteiger partial charge on any atom is -0.302 e. The fourth-order valence-corrected chi connectivity index (χ4v) is 4.11. The SMILES string of the molecule is [2H]C([2H])([2H])c1c[n+](C)c(-c2c(C)c3ccccc3c3nc4n(c23)C=CC4)cc1C. The lowest BCUT2D eigenvalue weighted by atomic mass is 9.94. The Hall–Kier alpha value is -2.94. The molecule has 5 rings (SSSR count). The van der Waals surface area contributed by atoms with Gasteiger partial charge in [0, 0.05) is 33.7 Å². The van der Waals surface area contributed by atoms with Gasteiger partial charge >= 0.3 is 0 Å². The number of imidazole rings is 1. The average molecular weight is 343 g/mol. The van der Waals surface area contributed by atoms with Crippen LogP contribution in [0.1, 0.15) is 26.6 Å². The molecule has 0 atom stereocenters. The van der Waals surface area contributed by atoms with Crippen LogP contribution in [0.4, 0.5) is 0 Å². The van der Waals surface area contributed by atoms with Crippen LogP contribution in [-0.4, -0.2) is 9.55 Å². The summed E-state index contributed by atoms with van der Waals surface area (Å²) < 4.78 is 27.6. The molecule has 0 aliphatic carbocycles. The molecule has 1 aliphatic heterocycles. The highest BCUT2D eigenvalue weighted by molar-refractivity contribution is 6.13. The normalized spacial score (nSPS) is 15.3. The van der Waals surface area contributed by atoms with Crippen LogP contribution in [0.2, 0.25) is 0 Å². The van der Waals surface area contributed by atoms with Crippen LogP contribution in [0.3, 0.4) is 0 Å². The van der Waals surface area contributed by atoms with E-state index in [0.717, 1.165) is 45.5 Å². The molecule has 1 aliphatic rings. The van der Waals surface area contributed by atoms with Gasteiger partial charge in [0.15, 0.2) is 6.20 Å². The van der Waals surface area contributed by atoms with Gasteiger partial charge in [0.1, 0.15) is 12.9 Å². The Kier molecular flexibility index (Phi) is 2.52. The van der Waals surface area contributed by atoms with Crippen molar-refractivity contribution in [2.24, 2.45) is 7.05 Å². The van der Waals surface area contributed by atoms with E-state index in [4.69, 9.17) is 9.10 Å². The minimum atomic E-state index is -2.13. The molecule has 26 heavy (non-hydrogen) atoms. The first kappa shape index (κ1) is 12.4. The lowest BCUT2D eigenvalue weighted by Gasteiger charge is -2.13. The molecule has 0 N–H and O–H groups in total. The first-order valence-electron chi connectivity index (χ1n) is 10.4. The van der Waals surface area contributed by atoms with E-state index in [9.17, 15) is 0 Å². The summed E-state index contributed by atoms with van der Waals surface area (Å²) in [7, 11) is 1.92. The van der Waals surface area contributed by atoms with E-state index in [2.05, 4.69) is 48.0 Å². The second-order valence-corrected chi connectivity index (χ2v) is 7.10. The number of aryl methyl sites for hydroxylation is 4. The third-order valence-electron chi connectivity index (χ3n) is 5.47. The zero-order valence-corrected chi connectivity index (χ0v) is 15.2. The zero-order chi connectivity index (χ0) is 20.5. The Bertz CT molecular complexity index is 1340. The van der Waals surface area contributed by atoms with Gasteiger partial charge in [-0.2, -0.15) is 0 Å².